The van der Waals surface area contributed by atoms with Crippen LogP contribution in [0.4, 0.5) is 0 Å². The molecule has 0 radical (unpaired) electrons. The molecule has 0 aliphatic carbocycles. The van der Waals surface area contributed by atoms with Crippen molar-refractivity contribution in [3.63, 3.8) is 0 Å². The van der Waals surface area contributed by atoms with Crippen molar-refractivity contribution in [1.82, 2.24) is 15.4 Å². The Balaban J connectivity index is 1.44. The van der Waals surface area contributed by atoms with E-state index in [1.165, 1.54) is 28.4 Å². The molecule has 0 bridgehead atoms. The Morgan fingerprint density at radius 2 is 2.12 bits per heavy atom. The molecule has 2 amide bonds. The van der Waals surface area contributed by atoms with Crippen LogP contribution in [0.2, 0.25) is 10.0 Å². The number of carboxylic acids is 1. The zero-order valence-corrected chi connectivity index (χ0v) is 20.3. The summed E-state index contributed by atoms with van der Waals surface area (Å²) in [6.07, 6.45) is 0. The van der Waals surface area contributed by atoms with Crippen molar-refractivity contribution < 1.29 is 24.0 Å². The first kappa shape index (κ1) is 23.7. The van der Waals surface area contributed by atoms with Gasteiger partial charge in [-0.2, -0.15) is 0 Å². The third-order valence-corrected chi connectivity index (χ3v) is 8.05. The maximum absolute atomic E-state index is 12.8. The zero-order valence-electron chi connectivity index (χ0n) is 17.1. The van der Waals surface area contributed by atoms with Gasteiger partial charge in [-0.1, -0.05) is 34.9 Å². The van der Waals surface area contributed by atoms with Gasteiger partial charge in [0.15, 0.2) is 5.76 Å². The molecule has 0 spiro atoms. The summed E-state index contributed by atoms with van der Waals surface area (Å²) in [5, 5.41) is 16.6. The molecule has 1 fully saturated rings. The number of thioether (sulfide) groups is 2. The fourth-order valence-electron chi connectivity index (χ4n) is 3.44. The molecule has 1 aromatic carbocycles. The van der Waals surface area contributed by atoms with Gasteiger partial charge in [-0.3, -0.25) is 14.5 Å². The van der Waals surface area contributed by atoms with Crippen molar-refractivity contribution in [2.75, 3.05) is 11.5 Å². The number of aliphatic carboxylic acids is 1. The number of nitrogens with zero attached hydrogens (tertiary/aromatic N) is 2. The Hall–Kier alpha value is -2.40. The second-order valence-corrected chi connectivity index (χ2v) is 10.2. The number of allylic oxidation sites excluding steroid dienone is 1. The van der Waals surface area contributed by atoms with Crippen LogP contribution in [0.15, 0.2) is 51.5 Å². The number of carboxylic acid groups (broad SMARTS) is 1. The standard InChI is InChI=1S/C21H17Cl2N3O5S2/c1-9-5-15(31-25-9)10(2)12-7-33-20-17(19(28)26(20)18(12)21(29)30)24-16(27)8-32-11-3-4-13(22)14(23)6-11/h3-6,17,20H,2,7-8H2,1H3,(H,24,27)(H,29,30)/t17-,20-/m1/s1. The number of aromatic nitrogens is 1. The summed E-state index contributed by atoms with van der Waals surface area (Å²) in [5.41, 5.74) is 1.22. The molecule has 8 nitrogen and oxygen atoms in total. The van der Waals surface area contributed by atoms with Gasteiger partial charge >= 0.3 is 5.97 Å². The third kappa shape index (κ3) is 4.65. The number of fused-ring (bicyclic) bond motifs is 1. The van der Waals surface area contributed by atoms with E-state index in [1.807, 2.05) is 0 Å². The maximum Gasteiger partial charge on any atom is 0.352 e. The smallest absolute Gasteiger partial charge is 0.352 e. The van der Waals surface area contributed by atoms with Gasteiger partial charge in [0, 0.05) is 27.9 Å². The maximum atomic E-state index is 12.8. The lowest BCUT2D eigenvalue weighted by Gasteiger charge is -2.49. The van der Waals surface area contributed by atoms with Crippen LogP contribution in [0.25, 0.3) is 5.57 Å². The first-order valence-electron chi connectivity index (χ1n) is 9.58. The monoisotopic (exact) mass is 525 g/mol. The highest BCUT2D eigenvalue weighted by atomic mass is 35.5. The first-order valence-corrected chi connectivity index (χ1v) is 12.4. The molecule has 2 aliphatic rings. The van der Waals surface area contributed by atoms with E-state index in [0.29, 0.717) is 38.4 Å². The number of rotatable bonds is 7. The average molecular weight is 526 g/mol. The van der Waals surface area contributed by atoms with Crippen LogP contribution in [0.1, 0.15) is 11.5 Å². The molecule has 33 heavy (non-hydrogen) atoms. The highest BCUT2D eigenvalue weighted by Crippen LogP contribution is 2.43. The summed E-state index contributed by atoms with van der Waals surface area (Å²) < 4.78 is 5.20. The third-order valence-electron chi connectivity index (χ3n) is 5.04. The Morgan fingerprint density at radius 1 is 1.36 bits per heavy atom. The second-order valence-electron chi connectivity index (χ2n) is 7.26. The van der Waals surface area contributed by atoms with Gasteiger partial charge in [0.25, 0.3) is 5.91 Å². The van der Waals surface area contributed by atoms with E-state index in [1.54, 1.807) is 31.2 Å². The normalized spacial score (nSPS) is 19.7. The lowest BCUT2D eigenvalue weighted by molar-refractivity contribution is -0.150. The number of aryl methyl sites for hydroxylation is 1. The second kappa shape index (κ2) is 9.46. The van der Waals surface area contributed by atoms with Crippen molar-refractivity contribution in [1.29, 1.82) is 0 Å². The van der Waals surface area contributed by atoms with Crippen LogP contribution < -0.4 is 5.32 Å². The number of hydrogen-bond acceptors (Lipinski definition) is 7. The number of benzene rings is 1. The molecule has 2 N–H and O–H groups in total. The number of amides is 2. The molecule has 1 saturated heterocycles. The molecule has 2 atom stereocenters. The highest BCUT2D eigenvalue weighted by molar-refractivity contribution is 8.00. The number of hydrogen-bond donors (Lipinski definition) is 2. The summed E-state index contributed by atoms with van der Waals surface area (Å²) in [7, 11) is 0. The van der Waals surface area contributed by atoms with Crippen LogP contribution >= 0.6 is 46.7 Å². The lowest BCUT2D eigenvalue weighted by atomic mass is 9.98. The van der Waals surface area contributed by atoms with Gasteiger partial charge in [0.05, 0.1) is 21.5 Å². The quantitative estimate of drug-likeness (QED) is 0.414. The van der Waals surface area contributed by atoms with Crippen LogP contribution in [-0.2, 0) is 14.4 Å². The van der Waals surface area contributed by atoms with E-state index in [2.05, 4.69) is 17.1 Å². The van der Waals surface area contributed by atoms with E-state index < -0.39 is 23.3 Å². The zero-order chi connectivity index (χ0) is 23.9. The number of nitrogens with one attached hydrogen (secondary N) is 1. The summed E-state index contributed by atoms with van der Waals surface area (Å²) in [6.45, 7) is 5.68. The van der Waals surface area contributed by atoms with Crippen molar-refractivity contribution in [3.05, 3.63) is 63.6 Å². The largest absolute Gasteiger partial charge is 0.477 e. The van der Waals surface area contributed by atoms with E-state index in [9.17, 15) is 19.5 Å². The number of carbonyl (C=O) groups excluding carboxylic acids is 2. The Kier molecular flexibility index (Phi) is 6.81. The number of β-lactam (4-membered cyclic amide) rings is 1. The first-order chi connectivity index (χ1) is 15.7. The number of carbonyl (C=O) groups is 3. The molecule has 0 saturated carbocycles. The van der Waals surface area contributed by atoms with Crippen molar-refractivity contribution >= 4 is 70.1 Å². The van der Waals surface area contributed by atoms with Gasteiger partial charge in [-0.15, -0.1) is 23.5 Å². The molecule has 12 heteroatoms. The Labute approximate surface area is 207 Å². The molecule has 4 rings (SSSR count). The highest BCUT2D eigenvalue weighted by Gasteiger charge is 2.54. The summed E-state index contributed by atoms with van der Waals surface area (Å²) in [4.78, 5) is 39.2. The van der Waals surface area contributed by atoms with Crippen LogP contribution in [0.3, 0.4) is 0 Å². The molecule has 172 valence electrons. The van der Waals surface area contributed by atoms with Crippen LogP contribution in [0, 0.1) is 6.92 Å². The summed E-state index contributed by atoms with van der Waals surface area (Å²) in [6, 6.07) is 5.88. The minimum atomic E-state index is -1.25. The van der Waals surface area contributed by atoms with Crippen LogP contribution in [0.5, 0.6) is 0 Å². The Bertz CT molecular complexity index is 1210. The van der Waals surface area contributed by atoms with Gasteiger partial charge in [-0.05, 0) is 25.1 Å². The molecule has 3 heterocycles. The predicted molar refractivity (Wildman–Crippen MR) is 127 cm³/mol. The molecule has 2 aromatic rings. The van der Waals surface area contributed by atoms with Gasteiger partial charge in [-0.25, -0.2) is 4.79 Å². The molecular weight excluding hydrogens is 509 g/mol. The van der Waals surface area contributed by atoms with E-state index in [-0.39, 0.29) is 17.4 Å². The minimum Gasteiger partial charge on any atom is -0.477 e. The van der Waals surface area contributed by atoms with E-state index in [0.717, 1.165) is 4.90 Å². The molecule has 2 aliphatic heterocycles. The SMILES string of the molecule is C=C(C1=C(C(=O)O)N2C(=O)[C@@H](NC(=O)CSc3ccc(Cl)c(Cl)c3)[C@H]2SC1)c1cc(C)no1. The van der Waals surface area contributed by atoms with Crippen LogP contribution in [-0.4, -0.2) is 55.9 Å². The van der Waals surface area contributed by atoms with Crippen molar-refractivity contribution in [2.45, 2.75) is 23.2 Å². The van der Waals surface area contributed by atoms with E-state index in [4.69, 9.17) is 27.7 Å². The van der Waals surface area contributed by atoms with E-state index >= 15 is 0 Å². The van der Waals surface area contributed by atoms with Crippen molar-refractivity contribution in [2.24, 2.45) is 0 Å². The molecular formula is C21H17Cl2N3O5S2. The van der Waals surface area contributed by atoms with Gasteiger partial charge in [0.1, 0.15) is 17.1 Å². The summed E-state index contributed by atoms with van der Waals surface area (Å²) >= 11 is 14.5. The minimum absolute atomic E-state index is 0.0632. The lowest BCUT2D eigenvalue weighted by Crippen LogP contribution is -2.70. The van der Waals surface area contributed by atoms with Crippen molar-refractivity contribution in [3.8, 4) is 0 Å². The number of halogens is 2. The topological polar surface area (TPSA) is 113 Å². The Morgan fingerprint density at radius 3 is 2.76 bits per heavy atom. The fourth-order valence-corrected chi connectivity index (χ4v) is 5.93. The predicted octanol–water partition coefficient (Wildman–Crippen LogP) is 3.83. The fraction of sp³-hybridized carbons (Fsp3) is 0.238. The summed E-state index contributed by atoms with van der Waals surface area (Å²) in [5.74, 6) is -1.39. The molecule has 1 aromatic heterocycles. The molecule has 0 unspecified atom stereocenters. The average Bonchev–Trinajstić information content (AvgIpc) is 3.22. The van der Waals surface area contributed by atoms with Gasteiger partial charge < -0.3 is 14.9 Å². The van der Waals surface area contributed by atoms with Gasteiger partial charge in [0.2, 0.25) is 5.91 Å².